The predicted octanol–water partition coefficient (Wildman–Crippen LogP) is 4.98. The van der Waals surface area contributed by atoms with Gasteiger partial charge in [0.15, 0.2) is 0 Å². The first-order valence-corrected chi connectivity index (χ1v) is 13.9. The fourth-order valence-corrected chi connectivity index (χ4v) is 6.86. The van der Waals surface area contributed by atoms with Crippen molar-refractivity contribution in [2.75, 3.05) is 13.3 Å². The highest BCUT2D eigenvalue weighted by molar-refractivity contribution is 7.91. The number of hydrogen-bond donors (Lipinski definition) is 2. The normalized spacial score (nSPS) is 15.4. The van der Waals surface area contributed by atoms with Crippen molar-refractivity contribution in [2.45, 2.75) is 57.2 Å². The molecule has 0 bridgehead atoms. The first kappa shape index (κ1) is 27.4. The number of ether oxygens (including phenoxy) is 1. The molecule has 0 aliphatic heterocycles. The van der Waals surface area contributed by atoms with E-state index in [2.05, 4.69) is 4.72 Å². The summed E-state index contributed by atoms with van der Waals surface area (Å²) in [5, 5.41) is 9.26. The molecule has 0 saturated carbocycles. The van der Waals surface area contributed by atoms with Gasteiger partial charge in [-0.05, 0) is 50.8 Å². The van der Waals surface area contributed by atoms with Crippen LogP contribution in [0.2, 0.25) is 0 Å². The Morgan fingerprint density at radius 1 is 1.15 bits per heavy atom. The minimum Gasteiger partial charge on any atom is -0.598 e. The molecule has 2 aromatic rings. The third-order valence-corrected chi connectivity index (χ3v) is 9.62. The Morgan fingerprint density at radius 3 is 2.39 bits per heavy atom. The third kappa shape index (κ3) is 8.80. The summed E-state index contributed by atoms with van der Waals surface area (Å²) in [5.74, 6) is -1.20. The highest BCUT2D eigenvalue weighted by atomic mass is 32.2. The second kappa shape index (κ2) is 12.6. The van der Waals surface area contributed by atoms with Crippen LogP contribution in [0.15, 0.2) is 54.6 Å². The molecule has 2 N–H and O–H groups in total. The molecule has 0 fully saturated rings. The molecule has 182 valence electrons. The molecule has 0 aliphatic carbocycles. The summed E-state index contributed by atoms with van der Waals surface area (Å²) >= 11 is -1.55. The van der Waals surface area contributed by atoms with Crippen LogP contribution in [-0.2, 0) is 38.3 Å². The molecule has 7 nitrogen and oxygen atoms in total. The molecule has 2 rings (SSSR count). The van der Waals surface area contributed by atoms with Gasteiger partial charge in [-0.1, -0.05) is 48.5 Å². The van der Waals surface area contributed by atoms with Gasteiger partial charge in [0.05, 0.1) is 13.7 Å². The summed E-state index contributed by atoms with van der Waals surface area (Å²) in [6, 6.07) is 16.8. The largest absolute Gasteiger partial charge is 0.598 e. The lowest BCUT2D eigenvalue weighted by atomic mass is 10.1. The number of hydrogen-bond acceptors (Lipinski definition) is 6. The number of nitrogens with one attached hydrogen (secondary N) is 1. The van der Waals surface area contributed by atoms with Crippen molar-refractivity contribution < 1.29 is 28.3 Å². The Hall–Kier alpha value is -1.83. The van der Waals surface area contributed by atoms with Gasteiger partial charge >= 0.3 is 5.97 Å². The van der Waals surface area contributed by atoms with Crippen molar-refractivity contribution in [3.05, 3.63) is 65.7 Å². The van der Waals surface area contributed by atoms with E-state index in [-0.39, 0.29) is 25.6 Å². The van der Waals surface area contributed by atoms with Crippen LogP contribution in [0.4, 0.5) is 0 Å². The van der Waals surface area contributed by atoms with Gasteiger partial charge in [-0.2, -0.15) is 0 Å². The smallest absolute Gasteiger partial charge is 0.303 e. The van der Waals surface area contributed by atoms with Gasteiger partial charge in [-0.15, -0.1) is 4.72 Å². The van der Waals surface area contributed by atoms with E-state index in [1.54, 1.807) is 27.9 Å². The molecule has 0 aliphatic rings. The summed E-state index contributed by atoms with van der Waals surface area (Å²) in [7, 11) is -1.92. The van der Waals surface area contributed by atoms with Crippen molar-refractivity contribution >= 4 is 24.7 Å². The Morgan fingerprint density at radius 2 is 1.79 bits per heavy atom. The number of benzene rings is 2. The molecule has 9 heteroatoms. The second-order valence-corrected chi connectivity index (χ2v) is 13.5. The first-order chi connectivity index (χ1) is 15.5. The molecule has 0 unspecified atom stereocenters. The lowest BCUT2D eigenvalue weighted by Crippen LogP contribution is -2.45. The number of para-hydroxylation sites is 1. The van der Waals surface area contributed by atoms with Crippen LogP contribution in [0.5, 0.6) is 5.75 Å². The van der Waals surface area contributed by atoms with E-state index in [0.717, 1.165) is 11.1 Å². The maximum absolute atomic E-state index is 14.3. The van der Waals surface area contributed by atoms with Crippen molar-refractivity contribution in [2.24, 2.45) is 0 Å². The fourth-order valence-electron chi connectivity index (χ4n) is 3.15. The number of carboxylic acid groups (broad SMARTS) is 1. The van der Waals surface area contributed by atoms with Crippen LogP contribution >= 0.6 is 7.37 Å². The van der Waals surface area contributed by atoms with Crippen LogP contribution in [0.25, 0.3) is 0 Å². The molecule has 0 saturated heterocycles. The molecule has 2 aromatic carbocycles. The van der Waals surface area contributed by atoms with E-state index >= 15 is 0 Å². The van der Waals surface area contributed by atoms with Gasteiger partial charge in [0, 0.05) is 23.9 Å². The maximum Gasteiger partial charge on any atom is 0.303 e. The maximum atomic E-state index is 14.3. The van der Waals surface area contributed by atoms with Crippen LogP contribution in [0, 0.1) is 0 Å². The zero-order valence-electron chi connectivity index (χ0n) is 19.7. The summed E-state index contributed by atoms with van der Waals surface area (Å²) < 4.78 is 40.9. The number of aryl methyl sites for hydroxylation is 1. The van der Waals surface area contributed by atoms with Gasteiger partial charge in [-0.25, -0.2) is 0 Å². The van der Waals surface area contributed by atoms with E-state index in [4.69, 9.17) is 9.26 Å². The lowest BCUT2D eigenvalue weighted by molar-refractivity contribution is -0.137. The highest BCUT2D eigenvalue weighted by Gasteiger charge is 2.40. The van der Waals surface area contributed by atoms with Crippen molar-refractivity contribution in [1.82, 2.24) is 4.72 Å². The van der Waals surface area contributed by atoms with Crippen molar-refractivity contribution in [3.8, 4) is 5.75 Å². The van der Waals surface area contributed by atoms with Crippen LogP contribution in [0.1, 0.15) is 44.7 Å². The van der Waals surface area contributed by atoms with E-state index in [1.807, 2.05) is 54.6 Å². The molecule has 0 amide bonds. The fraction of sp³-hybridized carbons (Fsp3) is 0.458. The lowest BCUT2D eigenvalue weighted by Gasteiger charge is -2.32. The highest BCUT2D eigenvalue weighted by Crippen LogP contribution is 2.54. The molecule has 0 radical (unpaired) electrons. The Labute approximate surface area is 199 Å². The zero-order chi connectivity index (χ0) is 24.5. The molecular formula is C24H34NO6PS. The molecule has 0 spiro atoms. The summed E-state index contributed by atoms with van der Waals surface area (Å²) in [6.45, 7) is 5.51. The number of carbonyl (C=O) groups is 1. The molecule has 0 aromatic heterocycles. The van der Waals surface area contributed by atoms with Crippen LogP contribution < -0.4 is 9.46 Å². The van der Waals surface area contributed by atoms with Crippen molar-refractivity contribution in [1.29, 1.82) is 0 Å². The average Bonchev–Trinajstić information content (AvgIpc) is 2.79. The van der Waals surface area contributed by atoms with E-state index in [1.165, 1.54) is 0 Å². The molecule has 33 heavy (non-hydrogen) atoms. The minimum atomic E-state index is -3.49. The number of rotatable bonds is 13. The van der Waals surface area contributed by atoms with Gasteiger partial charge in [0.1, 0.15) is 16.3 Å². The minimum absolute atomic E-state index is 0.0369. The van der Waals surface area contributed by atoms with E-state index < -0.39 is 35.2 Å². The third-order valence-electron chi connectivity index (χ3n) is 5.08. The Balaban J connectivity index is 2.33. The van der Waals surface area contributed by atoms with Gasteiger partial charge in [0.25, 0.3) is 0 Å². The van der Waals surface area contributed by atoms with Gasteiger partial charge < -0.3 is 18.9 Å². The average molecular weight is 496 g/mol. The Kier molecular flexibility index (Phi) is 10.5. The van der Waals surface area contributed by atoms with Gasteiger partial charge in [-0.3, -0.25) is 9.36 Å². The zero-order valence-corrected chi connectivity index (χ0v) is 21.4. The summed E-state index contributed by atoms with van der Waals surface area (Å²) in [5.41, 5.74) is 1.72. The molecule has 3 atom stereocenters. The quantitative estimate of drug-likeness (QED) is 0.298. The number of aliphatic carboxylic acids is 1. The standard InChI is InChI=1S/C24H34NO6PS/c1-24(2,3)33(29)25-22(14-15-23(26)27)32(28,31-18-19-10-6-5-7-11-19)17-16-20-12-8-9-13-21(20)30-4/h5-13,22,25H,14-18H2,1-4H3,(H,26,27)/t22-,32+,33+/m1/s1. The topological polar surface area (TPSA) is 108 Å². The number of methoxy groups -OCH3 is 1. The molecule has 0 heterocycles. The second-order valence-electron chi connectivity index (χ2n) is 8.72. The summed E-state index contributed by atoms with van der Waals surface area (Å²) in [4.78, 5) is 11.3. The van der Waals surface area contributed by atoms with Crippen LogP contribution in [0.3, 0.4) is 0 Å². The first-order valence-electron chi connectivity index (χ1n) is 10.8. The van der Waals surface area contributed by atoms with E-state index in [9.17, 15) is 19.0 Å². The molecular weight excluding hydrogens is 461 g/mol. The monoisotopic (exact) mass is 495 g/mol. The SMILES string of the molecule is COc1ccccc1CC[P@](=O)(OCc1ccccc1)[C@H](CCC(=O)O)N[S@@+]([O-])C(C)(C)C. The predicted molar refractivity (Wildman–Crippen MR) is 132 cm³/mol. The van der Waals surface area contributed by atoms with E-state index in [0.29, 0.717) is 12.2 Å². The van der Waals surface area contributed by atoms with Crippen molar-refractivity contribution in [3.63, 3.8) is 0 Å². The van der Waals surface area contributed by atoms with Gasteiger partial charge in [0.2, 0.25) is 7.37 Å². The van der Waals surface area contributed by atoms with Crippen LogP contribution in [-0.4, -0.2) is 39.4 Å². The number of carboxylic acids is 1. The summed E-state index contributed by atoms with van der Waals surface area (Å²) in [6.07, 6.45) is 0.379. The Bertz CT molecular complexity index is 934.